The van der Waals surface area contributed by atoms with Crippen molar-refractivity contribution in [3.8, 4) is 0 Å². The van der Waals surface area contributed by atoms with E-state index >= 15 is 0 Å². The third-order valence-corrected chi connectivity index (χ3v) is 9.82. The Morgan fingerprint density at radius 1 is 0.795 bits per heavy atom. The second kappa shape index (κ2) is 16.0. The van der Waals surface area contributed by atoms with Crippen LogP contribution < -0.4 is 9.62 Å². The van der Waals surface area contributed by atoms with Crippen LogP contribution in [-0.2, 0) is 32.6 Å². The molecule has 230 valence electrons. The molecule has 0 heterocycles. The van der Waals surface area contributed by atoms with Crippen molar-refractivity contribution in [3.63, 3.8) is 0 Å². The van der Waals surface area contributed by atoms with Crippen molar-refractivity contribution in [3.05, 3.63) is 129 Å². The molecule has 7 nitrogen and oxygen atoms in total. The molecule has 0 aliphatic heterocycles. The molecular formula is C34H35Br2N3O4S. The lowest BCUT2D eigenvalue weighted by Gasteiger charge is -2.34. The lowest BCUT2D eigenvalue weighted by molar-refractivity contribution is -0.140. The van der Waals surface area contributed by atoms with E-state index in [1.54, 1.807) is 42.5 Å². The molecule has 4 rings (SSSR count). The monoisotopic (exact) mass is 739 g/mol. The maximum Gasteiger partial charge on any atom is 0.264 e. The van der Waals surface area contributed by atoms with Crippen LogP contribution in [0.1, 0.15) is 30.9 Å². The second-order valence-corrected chi connectivity index (χ2v) is 14.0. The fourth-order valence-electron chi connectivity index (χ4n) is 4.77. The van der Waals surface area contributed by atoms with Crippen LogP contribution >= 0.6 is 31.9 Å². The zero-order valence-electron chi connectivity index (χ0n) is 24.4. The average Bonchev–Trinajstić information content (AvgIpc) is 3.02. The molecule has 0 aliphatic rings. The summed E-state index contributed by atoms with van der Waals surface area (Å²) in [6.45, 7) is 2.12. The van der Waals surface area contributed by atoms with Gasteiger partial charge in [-0.2, -0.15) is 0 Å². The van der Waals surface area contributed by atoms with E-state index in [1.165, 1.54) is 17.0 Å². The summed E-state index contributed by atoms with van der Waals surface area (Å²) in [6.07, 6.45) is 1.97. The van der Waals surface area contributed by atoms with Gasteiger partial charge in [0.15, 0.2) is 0 Å². The number of carbonyl (C=O) groups excluding carboxylic acids is 2. The smallest absolute Gasteiger partial charge is 0.264 e. The summed E-state index contributed by atoms with van der Waals surface area (Å²) in [5, 5.41) is 3.00. The number of hydrogen-bond donors (Lipinski definition) is 1. The standard InChI is InChI=1S/C34H35Br2N3O4S/c1-2-3-20-37-34(41)32(22-26-12-6-4-7-13-26)38(24-27-14-10-15-28(35)21-27)33(40)25-39(30-17-11-16-29(36)23-30)44(42,43)31-18-8-5-9-19-31/h4-19,21,23,32H,2-3,20,22,24-25H2,1H3,(H,37,41). The second-order valence-electron chi connectivity index (χ2n) is 10.3. The van der Waals surface area contributed by atoms with E-state index < -0.39 is 28.5 Å². The highest BCUT2D eigenvalue weighted by Gasteiger charge is 2.34. The Bertz CT molecular complexity index is 1650. The maximum absolute atomic E-state index is 14.5. The molecule has 0 spiro atoms. The zero-order chi connectivity index (χ0) is 31.5. The lowest BCUT2D eigenvalue weighted by Crippen LogP contribution is -2.53. The summed E-state index contributed by atoms with van der Waals surface area (Å²) >= 11 is 6.94. The molecule has 0 fully saturated rings. The minimum atomic E-state index is -4.14. The minimum Gasteiger partial charge on any atom is -0.354 e. The molecule has 4 aromatic rings. The molecule has 1 atom stereocenters. The molecule has 0 aromatic heterocycles. The Hall–Kier alpha value is -3.47. The van der Waals surface area contributed by atoms with Gasteiger partial charge in [-0.3, -0.25) is 13.9 Å². The van der Waals surface area contributed by atoms with Crippen molar-refractivity contribution in [2.45, 2.75) is 43.7 Å². The molecule has 44 heavy (non-hydrogen) atoms. The van der Waals surface area contributed by atoms with E-state index in [-0.39, 0.29) is 23.8 Å². The van der Waals surface area contributed by atoms with Gasteiger partial charge in [-0.05, 0) is 60.0 Å². The number of rotatable bonds is 14. The summed E-state index contributed by atoms with van der Waals surface area (Å²) in [7, 11) is -4.14. The number of unbranched alkanes of at least 4 members (excludes halogenated alkanes) is 1. The van der Waals surface area contributed by atoms with Gasteiger partial charge in [0.1, 0.15) is 12.6 Å². The number of carbonyl (C=O) groups is 2. The number of amides is 2. The lowest BCUT2D eigenvalue weighted by atomic mass is 10.0. The Kier molecular flexibility index (Phi) is 12.2. The normalized spacial score (nSPS) is 11.9. The minimum absolute atomic E-state index is 0.0597. The number of anilines is 1. The Labute approximate surface area is 276 Å². The largest absolute Gasteiger partial charge is 0.354 e. The number of halogens is 2. The van der Waals surface area contributed by atoms with E-state index in [4.69, 9.17) is 0 Å². The van der Waals surface area contributed by atoms with Crippen LogP contribution in [0, 0.1) is 0 Å². The molecule has 0 aliphatic carbocycles. The summed E-state index contributed by atoms with van der Waals surface area (Å²) in [6, 6.07) is 31.0. The number of benzene rings is 4. The summed E-state index contributed by atoms with van der Waals surface area (Å²) in [4.78, 5) is 29.8. The topological polar surface area (TPSA) is 86.8 Å². The predicted molar refractivity (Wildman–Crippen MR) is 182 cm³/mol. The van der Waals surface area contributed by atoms with Crippen LogP contribution in [0.15, 0.2) is 123 Å². The van der Waals surface area contributed by atoms with Crippen molar-refractivity contribution < 1.29 is 18.0 Å². The van der Waals surface area contributed by atoms with Gasteiger partial charge in [0.25, 0.3) is 10.0 Å². The molecule has 2 amide bonds. The van der Waals surface area contributed by atoms with Gasteiger partial charge in [0.2, 0.25) is 11.8 Å². The average molecular weight is 742 g/mol. The van der Waals surface area contributed by atoms with E-state index in [0.29, 0.717) is 16.7 Å². The fraction of sp³-hybridized carbons (Fsp3) is 0.235. The van der Waals surface area contributed by atoms with Gasteiger partial charge in [-0.1, -0.05) is 112 Å². The maximum atomic E-state index is 14.5. The summed E-state index contributed by atoms with van der Waals surface area (Å²) in [5.41, 5.74) is 2.01. The predicted octanol–water partition coefficient (Wildman–Crippen LogP) is 6.96. The summed E-state index contributed by atoms with van der Waals surface area (Å²) in [5.74, 6) is -0.790. The van der Waals surface area contributed by atoms with Crippen molar-refractivity contribution in [2.75, 3.05) is 17.4 Å². The Morgan fingerprint density at radius 2 is 1.41 bits per heavy atom. The number of sulfonamides is 1. The van der Waals surface area contributed by atoms with E-state index in [1.807, 2.05) is 61.5 Å². The van der Waals surface area contributed by atoms with Gasteiger partial charge < -0.3 is 10.2 Å². The third kappa shape index (κ3) is 9.03. The highest BCUT2D eigenvalue weighted by Crippen LogP contribution is 2.27. The van der Waals surface area contributed by atoms with Crippen LogP contribution in [0.25, 0.3) is 0 Å². The fourth-order valence-corrected chi connectivity index (χ4v) is 7.03. The van der Waals surface area contributed by atoms with E-state index in [0.717, 1.165) is 32.7 Å². The quantitative estimate of drug-likeness (QED) is 0.142. The SMILES string of the molecule is CCCCNC(=O)C(Cc1ccccc1)N(Cc1cccc(Br)c1)C(=O)CN(c1cccc(Br)c1)S(=O)(=O)c1ccccc1. The molecule has 4 aromatic carbocycles. The third-order valence-electron chi connectivity index (χ3n) is 7.05. The molecule has 0 saturated heterocycles. The van der Waals surface area contributed by atoms with Crippen molar-refractivity contribution in [1.29, 1.82) is 0 Å². The number of hydrogen-bond acceptors (Lipinski definition) is 4. The van der Waals surface area contributed by atoms with Crippen LogP contribution in [0.4, 0.5) is 5.69 Å². The molecule has 1 N–H and O–H groups in total. The van der Waals surface area contributed by atoms with E-state index in [2.05, 4.69) is 37.2 Å². The number of nitrogens with zero attached hydrogens (tertiary/aromatic N) is 2. The van der Waals surface area contributed by atoms with Crippen LogP contribution in [0.5, 0.6) is 0 Å². The van der Waals surface area contributed by atoms with Gasteiger partial charge in [0.05, 0.1) is 10.6 Å². The van der Waals surface area contributed by atoms with Crippen molar-refractivity contribution in [1.82, 2.24) is 10.2 Å². The molecule has 0 radical (unpaired) electrons. The first-order chi connectivity index (χ1) is 21.2. The van der Waals surface area contributed by atoms with Gasteiger partial charge >= 0.3 is 0 Å². The number of nitrogens with one attached hydrogen (secondary N) is 1. The molecular weight excluding hydrogens is 706 g/mol. The van der Waals surface area contributed by atoms with Crippen molar-refractivity contribution >= 4 is 59.4 Å². The van der Waals surface area contributed by atoms with Crippen LogP contribution in [0.2, 0.25) is 0 Å². The first-order valence-corrected chi connectivity index (χ1v) is 17.4. The first kappa shape index (κ1) is 33.4. The molecule has 0 saturated carbocycles. The Morgan fingerprint density at radius 3 is 2.05 bits per heavy atom. The van der Waals surface area contributed by atoms with Crippen LogP contribution in [-0.4, -0.2) is 44.3 Å². The molecule has 0 bridgehead atoms. The highest BCUT2D eigenvalue weighted by atomic mass is 79.9. The first-order valence-electron chi connectivity index (χ1n) is 14.4. The molecule has 1 unspecified atom stereocenters. The van der Waals surface area contributed by atoms with Crippen LogP contribution in [0.3, 0.4) is 0 Å². The Balaban J connectivity index is 1.78. The van der Waals surface area contributed by atoms with Gasteiger partial charge in [0, 0.05) is 28.5 Å². The zero-order valence-corrected chi connectivity index (χ0v) is 28.4. The van der Waals surface area contributed by atoms with Crippen molar-refractivity contribution in [2.24, 2.45) is 0 Å². The molecule has 10 heteroatoms. The van der Waals surface area contributed by atoms with Gasteiger partial charge in [-0.15, -0.1) is 0 Å². The van der Waals surface area contributed by atoms with Gasteiger partial charge in [-0.25, -0.2) is 8.42 Å². The van der Waals surface area contributed by atoms with E-state index in [9.17, 15) is 18.0 Å². The summed E-state index contributed by atoms with van der Waals surface area (Å²) < 4.78 is 30.7. The highest BCUT2D eigenvalue weighted by molar-refractivity contribution is 9.10.